The summed E-state index contributed by atoms with van der Waals surface area (Å²) in [7, 11) is -3.41. The van der Waals surface area contributed by atoms with Gasteiger partial charge in [0.1, 0.15) is 5.84 Å². The Labute approximate surface area is 169 Å². The van der Waals surface area contributed by atoms with Gasteiger partial charge < -0.3 is 9.80 Å². The monoisotopic (exact) mass is 405 g/mol. The first kappa shape index (κ1) is 17.9. The molecule has 3 aliphatic heterocycles. The number of nitrogens with zero attached hydrogens (tertiary/aromatic N) is 3. The smallest absolute Gasteiger partial charge is 0.256 e. The van der Waals surface area contributed by atoms with E-state index >= 15 is 0 Å². The molecule has 0 spiro atoms. The lowest BCUT2D eigenvalue weighted by Crippen LogP contribution is -2.38. The molecule has 0 unspecified atom stereocenters. The van der Waals surface area contributed by atoms with Crippen LogP contribution in [0.4, 0.5) is 0 Å². The summed E-state index contributed by atoms with van der Waals surface area (Å²) in [4.78, 5) is 16.9. The average Bonchev–Trinajstić information content (AvgIpc) is 2.89. The second-order valence-corrected chi connectivity index (χ2v) is 9.08. The predicted octanol–water partition coefficient (Wildman–Crippen LogP) is 2.69. The van der Waals surface area contributed by atoms with Crippen molar-refractivity contribution < 1.29 is 13.2 Å². The highest BCUT2D eigenvalue weighted by Crippen LogP contribution is 2.33. The van der Waals surface area contributed by atoms with Crippen molar-refractivity contribution in [2.45, 2.75) is 13.1 Å². The van der Waals surface area contributed by atoms with E-state index in [2.05, 4.69) is 28.7 Å². The molecule has 7 heteroatoms. The number of carbonyl (C=O) groups excluding carboxylic acids is 1. The van der Waals surface area contributed by atoms with Crippen molar-refractivity contribution in [2.75, 3.05) is 12.3 Å². The molecule has 0 saturated carbocycles. The molecule has 0 radical (unpaired) electrons. The van der Waals surface area contributed by atoms with E-state index in [-0.39, 0.29) is 11.7 Å². The topological polar surface area (TPSA) is 70.0 Å². The molecule has 5 rings (SSSR count). The van der Waals surface area contributed by atoms with E-state index in [9.17, 15) is 13.2 Å². The van der Waals surface area contributed by atoms with Gasteiger partial charge in [-0.25, -0.2) is 8.42 Å². The molecule has 3 heterocycles. The summed E-state index contributed by atoms with van der Waals surface area (Å²) in [6.45, 7) is 1.34. The fourth-order valence-electron chi connectivity index (χ4n) is 3.96. The summed E-state index contributed by atoms with van der Waals surface area (Å²) in [6.07, 6.45) is 4.96. The molecule has 146 valence electrons. The zero-order chi connectivity index (χ0) is 20.0. The molecule has 29 heavy (non-hydrogen) atoms. The van der Waals surface area contributed by atoms with Crippen molar-refractivity contribution in [3.8, 4) is 11.1 Å². The van der Waals surface area contributed by atoms with Gasteiger partial charge in [-0.2, -0.15) is 0 Å². The lowest BCUT2D eigenvalue weighted by Gasteiger charge is -2.29. The van der Waals surface area contributed by atoms with Crippen LogP contribution in [0.5, 0.6) is 0 Å². The van der Waals surface area contributed by atoms with Gasteiger partial charge in [-0.15, -0.1) is 4.40 Å². The van der Waals surface area contributed by atoms with Crippen molar-refractivity contribution in [1.82, 2.24) is 9.80 Å². The lowest BCUT2D eigenvalue weighted by atomic mass is 9.97. The van der Waals surface area contributed by atoms with Gasteiger partial charge in [0.25, 0.3) is 15.9 Å². The zero-order valence-corrected chi connectivity index (χ0v) is 16.5. The molecule has 0 saturated heterocycles. The Morgan fingerprint density at radius 1 is 0.897 bits per heavy atom. The molecule has 0 fully saturated rings. The number of amidine groups is 1. The third-order valence-corrected chi connectivity index (χ3v) is 6.57. The summed E-state index contributed by atoms with van der Waals surface area (Å²) in [5.74, 6) is 0.229. The molecule has 3 aliphatic rings. The Bertz CT molecular complexity index is 1160. The zero-order valence-electron chi connectivity index (χ0n) is 15.7. The highest BCUT2D eigenvalue weighted by molar-refractivity contribution is 7.90. The van der Waals surface area contributed by atoms with Crippen LogP contribution in [-0.2, 0) is 27.9 Å². The maximum absolute atomic E-state index is 13.3. The standard InChI is InChI=1S/C22H19N3O3S/c26-22(18-9-10-21-23-29(27,28)12-11-24(21)15-18)25-13-16-5-1-3-7-19(16)20-8-4-2-6-17(20)14-25/h1-10,15H,11-14H2. The summed E-state index contributed by atoms with van der Waals surface area (Å²) in [5, 5.41) is 0. The van der Waals surface area contributed by atoms with Crippen LogP contribution in [0.3, 0.4) is 0 Å². The molecule has 0 aromatic heterocycles. The summed E-state index contributed by atoms with van der Waals surface area (Å²) in [5.41, 5.74) is 5.06. The summed E-state index contributed by atoms with van der Waals surface area (Å²) < 4.78 is 27.2. The van der Waals surface area contributed by atoms with Crippen LogP contribution in [0.1, 0.15) is 11.1 Å². The van der Waals surface area contributed by atoms with Gasteiger partial charge in [0.15, 0.2) is 0 Å². The second-order valence-electron chi connectivity index (χ2n) is 7.32. The van der Waals surface area contributed by atoms with Gasteiger partial charge in [-0.1, -0.05) is 48.5 Å². The predicted molar refractivity (Wildman–Crippen MR) is 111 cm³/mol. The molecular formula is C22H19N3O3S. The molecule has 6 nitrogen and oxygen atoms in total. The summed E-state index contributed by atoms with van der Waals surface area (Å²) >= 11 is 0. The fourth-order valence-corrected chi connectivity index (χ4v) is 4.93. The Balaban J connectivity index is 1.49. The number of rotatable bonds is 1. The van der Waals surface area contributed by atoms with Crippen molar-refractivity contribution in [3.05, 3.63) is 83.6 Å². The van der Waals surface area contributed by atoms with Gasteiger partial charge >= 0.3 is 0 Å². The Morgan fingerprint density at radius 2 is 1.52 bits per heavy atom. The molecule has 2 aromatic carbocycles. The minimum Gasteiger partial charge on any atom is -0.330 e. The molecule has 1 amide bonds. The van der Waals surface area contributed by atoms with Gasteiger partial charge in [0, 0.05) is 25.8 Å². The van der Waals surface area contributed by atoms with E-state index < -0.39 is 10.0 Å². The first-order chi connectivity index (χ1) is 14.0. The summed E-state index contributed by atoms with van der Waals surface area (Å²) in [6, 6.07) is 16.3. The van der Waals surface area contributed by atoms with Crippen LogP contribution >= 0.6 is 0 Å². The SMILES string of the molecule is O=C(C1=CN2CCS(=O)(=O)N=C2C=C1)N1Cc2ccccc2-c2ccccc2C1. The normalized spacial score (nSPS) is 19.3. The Morgan fingerprint density at radius 3 is 2.17 bits per heavy atom. The maximum Gasteiger partial charge on any atom is 0.256 e. The van der Waals surface area contributed by atoms with Crippen LogP contribution in [0.15, 0.2) is 76.9 Å². The van der Waals surface area contributed by atoms with Crippen LogP contribution < -0.4 is 0 Å². The average molecular weight is 405 g/mol. The van der Waals surface area contributed by atoms with E-state index in [1.54, 1.807) is 23.3 Å². The van der Waals surface area contributed by atoms with E-state index in [1.165, 1.54) is 0 Å². The van der Waals surface area contributed by atoms with E-state index in [0.29, 0.717) is 31.0 Å². The van der Waals surface area contributed by atoms with E-state index in [1.807, 2.05) is 29.2 Å². The number of hydrogen-bond acceptors (Lipinski definition) is 4. The molecule has 0 bridgehead atoms. The van der Waals surface area contributed by atoms with Crippen LogP contribution in [-0.4, -0.2) is 42.3 Å². The maximum atomic E-state index is 13.3. The molecule has 0 N–H and O–H groups in total. The molecule has 0 atom stereocenters. The number of hydrogen-bond donors (Lipinski definition) is 0. The van der Waals surface area contributed by atoms with Gasteiger partial charge in [0.05, 0.1) is 11.3 Å². The van der Waals surface area contributed by atoms with Crippen molar-refractivity contribution >= 4 is 21.8 Å². The van der Waals surface area contributed by atoms with Gasteiger partial charge in [-0.05, 0) is 34.4 Å². The van der Waals surface area contributed by atoms with Crippen LogP contribution in [0.2, 0.25) is 0 Å². The van der Waals surface area contributed by atoms with Crippen LogP contribution in [0, 0.1) is 0 Å². The number of sulfonamides is 1. The second kappa shape index (κ2) is 6.70. The van der Waals surface area contributed by atoms with Crippen LogP contribution in [0.25, 0.3) is 11.1 Å². The number of carbonyl (C=O) groups is 1. The Hall–Kier alpha value is -3.19. The third kappa shape index (κ3) is 3.27. The minimum absolute atomic E-state index is 0.0488. The van der Waals surface area contributed by atoms with Gasteiger partial charge in [0.2, 0.25) is 0 Å². The largest absolute Gasteiger partial charge is 0.330 e. The van der Waals surface area contributed by atoms with Crippen molar-refractivity contribution in [1.29, 1.82) is 0 Å². The minimum atomic E-state index is -3.41. The lowest BCUT2D eigenvalue weighted by molar-refractivity contribution is -0.128. The molecular weight excluding hydrogens is 386 g/mol. The first-order valence-corrected chi connectivity index (χ1v) is 11.1. The van der Waals surface area contributed by atoms with Crippen molar-refractivity contribution in [2.24, 2.45) is 4.40 Å². The van der Waals surface area contributed by atoms with E-state index in [4.69, 9.17) is 0 Å². The number of benzene rings is 2. The van der Waals surface area contributed by atoms with Crippen molar-refractivity contribution in [3.63, 3.8) is 0 Å². The first-order valence-electron chi connectivity index (χ1n) is 9.45. The quantitative estimate of drug-likeness (QED) is 0.732. The number of fused-ring (bicyclic) bond motifs is 4. The highest BCUT2D eigenvalue weighted by Gasteiger charge is 2.28. The fraction of sp³-hybridized carbons (Fsp3) is 0.182. The number of amides is 1. The van der Waals surface area contributed by atoms with E-state index in [0.717, 1.165) is 22.3 Å². The molecule has 0 aliphatic carbocycles. The Kier molecular flexibility index (Phi) is 4.13. The third-order valence-electron chi connectivity index (χ3n) is 5.41. The highest BCUT2D eigenvalue weighted by atomic mass is 32.2. The van der Waals surface area contributed by atoms with Gasteiger partial charge in [-0.3, -0.25) is 4.79 Å². The molecule has 2 aromatic rings.